The van der Waals surface area contributed by atoms with E-state index in [1.165, 1.54) is 10.1 Å². The molecule has 84 valence electrons. The van der Waals surface area contributed by atoms with Gasteiger partial charge < -0.3 is 21.0 Å². The molecule has 2 rings (SSSR count). The molecule has 0 aromatic rings. The Bertz CT molecular complexity index is 114. The summed E-state index contributed by atoms with van der Waals surface area (Å²) in [5.74, 6) is 0. The lowest BCUT2D eigenvalue weighted by molar-refractivity contribution is -0.184. The molecular weight excluding hydrogens is 184 g/mol. The van der Waals surface area contributed by atoms with Crippen LogP contribution in [0.25, 0.3) is 0 Å². The maximum Gasteiger partial charge on any atom is 0.0389 e. The molecule has 0 spiro atoms. The van der Waals surface area contributed by atoms with Gasteiger partial charge in [0, 0.05) is 52.4 Å². The van der Waals surface area contributed by atoms with Crippen molar-refractivity contribution in [2.45, 2.75) is 0 Å². The topological polar surface area (TPSA) is 71.0 Å². The Labute approximate surface area is 84.4 Å². The maximum atomic E-state index is 8.72. The van der Waals surface area contributed by atoms with Crippen molar-refractivity contribution in [3.8, 4) is 0 Å². The lowest BCUT2D eigenvalue weighted by Crippen LogP contribution is -2.42. The first-order chi connectivity index (χ1) is 6.79. The average molecular weight is 204 g/mol. The minimum atomic E-state index is 0.538. The predicted octanol–water partition coefficient (Wildman–Crippen LogP) is -1.44. The average Bonchev–Trinajstić information content (AvgIpc) is 2.26. The van der Waals surface area contributed by atoms with E-state index in [-0.39, 0.29) is 0 Å². The van der Waals surface area contributed by atoms with E-state index < -0.39 is 0 Å². The Kier molecular flexibility index (Phi) is 6.00. The van der Waals surface area contributed by atoms with Gasteiger partial charge in [0.25, 0.3) is 0 Å². The summed E-state index contributed by atoms with van der Waals surface area (Å²) in [5, 5.41) is 26.3. The number of hydroxylamine groups is 4. The van der Waals surface area contributed by atoms with Gasteiger partial charge >= 0.3 is 0 Å². The molecule has 2 fully saturated rings. The summed E-state index contributed by atoms with van der Waals surface area (Å²) in [4.78, 5) is 0. The van der Waals surface area contributed by atoms with Gasteiger partial charge in [-0.3, -0.25) is 0 Å². The summed E-state index contributed by atoms with van der Waals surface area (Å²) in [6, 6.07) is 0. The Balaban J connectivity index is 0.000000146. The normalized spacial score (nSPS) is 25.3. The predicted molar refractivity (Wildman–Crippen MR) is 52.5 cm³/mol. The highest BCUT2D eigenvalue weighted by atomic mass is 16.5. The van der Waals surface area contributed by atoms with Crippen molar-refractivity contribution in [1.29, 1.82) is 0 Å². The fourth-order valence-corrected chi connectivity index (χ4v) is 1.29. The molecule has 6 heteroatoms. The summed E-state index contributed by atoms with van der Waals surface area (Å²) >= 11 is 0. The zero-order chi connectivity index (χ0) is 10.2. The molecule has 2 aliphatic rings. The van der Waals surface area contributed by atoms with E-state index in [0.29, 0.717) is 26.2 Å². The van der Waals surface area contributed by atoms with Crippen molar-refractivity contribution in [3.05, 3.63) is 0 Å². The highest BCUT2D eigenvalue weighted by molar-refractivity contribution is 4.59. The van der Waals surface area contributed by atoms with Crippen molar-refractivity contribution in [3.63, 3.8) is 0 Å². The second kappa shape index (κ2) is 7.10. The van der Waals surface area contributed by atoms with Crippen LogP contribution in [0.2, 0.25) is 0 Å². The largest absolute Gasteiger partial charge is 0.314 e. The number of nitrogens with zero attached hydrogens (tertiary/aromatic N) is 2. The lowest BCUT2D eigenvalue weighted by atomic mass is 10.4. The van der Waals surface area contributed by atoms with Crippen LogP contribution in [0, 0.1) is 0 Å². The zero-order valence-electron chi connectivity index (χ0n) is 8.45. The molecule has 0 radical (unpaired) electrons. The highest BCUT2D eigenvalue weighted by Crippen LogP contribution is 1.92. The minimum absolute atomic E-state index is 0.538. The molecule has 2 heterocycles. The summed E-state index contributed by atoms with van der Waals surface area (Å²) in [6.07, 6.45) is 0. The molecule has 2 saturated heterocycles. The first-order valence-electron chi connectivity index (χ1n) is 5.08. The highest BCUT2D eigenvalue weighted by Gasteiger charge is 2.11. The fraction of sp³-hybridized carbons (Fsp3) is 1.00. The Morgan fingerprint density at radius 2 is 0.929 bits per heavy atom. The van der Waals surface area contributed by atoms with Gasteiger partial charge in [0.2, 0.25) is 0 Å². The van der Waals surface area contributed by atoms with E-state index in [9.17, 15) is 0 Å². The molecule has 0 amide bonds. The number of nitrogens with one attached hydrogen (secondary N) is 2. The van der Waals surface area contributed by atoms with Gasteiger partial charge in [0.05, 0.1) is 0 Å². The molecule has 0 bridgehead atoms. The van der Waals surface area contributed by atoms with Gasteiger partial charge in [-0.1, -0.05) is 0 Å². The molecule has 0 aliphatic carbocycles. The van der Waals surface area contributed by atoms with Crippen LogP contribution in [0.3, 0.4) is 0 Å². The third kappa shape index (κ3) is 5.48. The number of hydrogen-bond donors (Lipinski definition) is 4. The van der Waals surface area contributed by atoms with Crippen molar-refractivity contribution in [2.24, 2.45) is 0 Å². The van der Waals surface area contributed by atoms with Crippen LogP contribution < -0.4 is 10.6 Å². The molecule has 0 aromatic carbocycles. The number of hydrogen-bond acceptors (Lipinski definition) is 6. The SMILES string of the molecule is C1CNCCN1.ON1CCN(O)CC1. The molecular formula is C8H20N4O2. The summed E-state index contributed by atoms with van der Waals surface area (Å²) in [7, 11) is 0. The summed E-state index contributed by atoms with van der Waals surface area (Å²) in [5.41, 5.74) is 0. The Morgan fingerprint density at radius 3 is 1.14 bits per heavy atom. The van der Waals surface area contributed by atoms with Crippen molar-refractivity contribution < 1.29 is 10.4 Å². The van der Waals surface area contributed by atoms with E-state index in [1.54, 1.807) is 0 Å². The Hall–Kier alpha value is -0.240. The smallest absolute Gasteiger partial charge is 0.0389 e. The van der Waals surface area contributed by atoms with Gasteiger partial charge in [-0.15, -0.1) is 0 Å². The third-order valence-corrected chi connectivity index (χ3v) is 2.19. The molecule has 0 unspecified atom stereocenters. The zero-order valence-corrected chi connectivity index (χ0v) is 8.45. The summed E-state index contributed by atoms with van der Waals surface area (Å²) in [6.45, 7) is 6.71. The standard InChI is InChI=1S/C4H10N2O2.C4H10N2/c7-5-1-2-6(8)4-3-5;1-2-6-4-3-5-1/h7-8H,1-4H2;5-6H,1-4H2. The van der Waals surface area contributed by atoms with Crippen LogP contribution in [0.15, 0.2) is 0 Å². The van der Waals surface area contributed by atoms with E-state index in [4.69, 9.17) is 10.4 Å². The van der Waals surface area contributed by atoms with Gasteiger partial charge in [0.1, 0.15) is 0 Å². The van der Waals surface area contributed by atoms with Crippen molar-refractivity contribution in [1.82, 2.24) is 20.8 Å². The van der Waals surface area contributed by atoms with Gasteiger partial charge in [-0.25, -0.2) is 0 Å². The maximum absolute atomic E-state index is 8.72. The quantitative estimate of drug-likeness (QED) is 0.387. The van der Waals surface area contributed by atoms with Crippen LogP contribution in [0.4, 0.5) is 0 Å². The van der Waals surface area contributed by atoms with Crippen LogP contribution in [-0.2, 0) is 0 Å². The molecule has 2 aliphatic heterocycles. The van der Waals surface area contributed by atoms with Crippen LogP contribution >= 0.6 is 0 Å². The van der Waals surface area contributed by atoms with Crippen molar-refractivity contribution in [2.75, 3.05) is 52.4 Å². The van der Waals surface area contributed by atoms with E-state index in [0.717, 1.165) is 26.2 Å². The number of rotatable bonds is 0. The van der Waals surface area contributed by atoms with Gasteiger partial charge in [0.15, 0.2) is 0 Å². The van der Waals surface area contributed by atoms with E-state index >= 15 is 0 Å². The van der Waals surface area contributed by atoms with Gasteiger partial charge in [-0.05, 0) is 0 Å². The fourth-order valence-electron chi connectivity index (χ4n) is 1.29. The van der Waals surface area contributed by atoms with Gasteiger partial charge in [-0.2, -0.15) is 10.1 Å². The van der Waals surface area contributed by atoms with Crippen LogP contribution in [0.1, 0.15) is 0 Å². The first kappa shape index (κ1) is 11.8. The second-order valence-electron chi connectivity index (χ2n) is 3.41. The lowest BCUT2D eigenvalue weighted by Gasteiger charge is -2.25. The molecule has 14 heavy (non-hydrogen) atoms. The van der Waals surface area contributed by atoms with E-state index in [1.807, 2.05) is 0 Å². The molecule has 0 saturated carbocycles. The molecule has 0 aromatic heterocycles. The molecule has 4 N–H and O–H groups in total. The second-order valence-corrected chi connectivity index (χ2v) is 3.41. The van der Waals surface area contributed by atoms with Crippen LogP contribution in [-0.4, -0.2) is 72.9 Å². The molecule has 6 nitrogen and oxygen atoms in total. The minimum Gasteiger partial charge on any atom is -0.314 e. The monoisotopic (exact) mass is 204 g/mol. The molecule has 0 atom stereocenters. The summed E-state index contributed by atoms with van der Waals surface area (Å²) < 4.78 is 0. The first-order valence-corrected chi connectivity index (χ1v) is 5.08. The third-order valence-electron chi connectivity index (χ3n) is 2.19. The van der Waals surface area contributed by atoms with E-state index in [2.05, 4.69) is 10.6 Å². The Morgan fingerprint density at radius 1 is 0.643 bits per heavy atom. The van der Waals surface area contributed by atoms with Crippen LogP contribution in [0.5, 0.6) is 0 Å². The van der Waals surface area contributed by atoms with Crippen molar-refractivity contribution >= 4 is 0 Å². The number of piperazine rings is 2.